The molecular formula is C14H26O2. The van der Waals surface area contributed by atoms with E-state index in [1.807, 2.05) is 6.08 Å². The monoisotopic (exact) mass is 226 g/mol. The first-order valence-corrected chi connectivity index (χ1v) is 6.25. The van der Waals surface area contributed by atoms with E-state index in [4.69, 9.17) is 9.84 Å². The highest BCUT2D eigenvalue weighted by Gasteiger charge is 1.99. The zero-order valence-corrected chi connectivity index (χ0v) is 10.5. The molecule has 0 fully saturated rings. The van der Waals surface area contributed by atoms with Crippen LogP contribution >= 0.6 is 0 Å². The van der Waals surface area contributed by atoms with Crippen LogP contribution in [0.3, 0.4) is 0 Å². The second-order valence-electron chi connectivity index (χ2n) is 4.17. The molecule has 0 bridgehead atoms. The maximum Gasteiger partial charge on any atom is 0.0647 e. The summed E-state index contributed by atoms with van der Waals surface area (Å²) in [7, 11) is 0. The van der Waals surface area contributed by atoms with Crippen LogP contribution in [0.1, 0.15) is 39.0 Å². The van der Waals surface area contributed by atoms with Crippen molar-refractivity contribution in [2.45, 2.75) is 39.0 Å². The number of rotatable bonds is 11. The van der Waals surface area contributed by atoms with Crippen molar-refractivity contribution < 1.29 is 9.84 Å². The lowest BCUT2D eigenvalue weighted by Gasteiger charge is -2.08. The van der Waals surface area contributed by atoms with E-state index in [0.717, 1.165) is 32.3 Å². The minimum absolute atomic E-state index is 0.282. The molecule has 0 aliphatic rings. The van der Waals surface area contributed by atoms with E-state index >= 15 is 0 Å². The molecule has 0 aliphatic heterocycles. The second kappa shape index (κ2) is 12.5. The average molecular weight is 226 g/mol. The number of aliphatic hydroxyl groups is 1. The van der Waals surface area contributed by atoms with Gasteiger partial charge in [0.2, 0.25) is 0 Å². The molecule has 1 atom stereocenters. The van der Waals surface area contributed by atoms with Crippen LogP contribution in [0.5, 0.6) is 0 Å². The Hall–Kier alpha value is -0.600. The molecule has 1 unspecified atom stereocenters. The van der Waals surface area contributed by atoms with Crippen molar-refractivity contribution in [3.63, 3.8) is 0 Å². The summed E-state index contributed by atoms with van der Waals surface area (Å²) in [5.74, 6) is 0.557. The molecule has 16 heavy (non-hydrogen) atoms. The maximum atomic E-state index is 8.72. The summed E-state index contributed by atoms with van der Waals surface area (Å²) in [4.78, 5) is 0. The Bertz CT molecular complexity index is 176. The summed E-state index contributed by atoms with van der Waals surface area (Å²) in [5, 5.41) is 8.72. The smallest absolute Gasteiger partial charge is 0.0647 e. The van der Waals surface area contributed by atoms with Gasteiger partial charge in [-0.25, -0.2) is 0 Å². The molecule has 0 saturated carbocycles. The molecular weight excluding hydrogens is 200 g/mol. The van der Waals surface area contributed by atoms with Crippen molar-refractivity contribution in [3.05, 3.63) is 24.8 Å². The largest absolute Gasteiger partial charge is 0.396 e. The van der Waals surface area contributed by atoms with Gasteiger partial charge in [0.05, 0.1) is 6.61 Å². The van der Waals surface area contributed by atoms with Crippen molar-refractivity contribution in [3.8, 4) is 0 Å². The fourth-order valence-corrected chi connectivity index (χ4v) is 1.37. The van der Waals surface area contributed by atoms with Crippen LogP contribution in [0.4, 0.5) is 0 Å². The second-order valence-corrected chi connectivity index (χ2v) is 4.17. The lowest BCUT2D eigenvalue weighted by atomic mass is 10.1. The topological polar surface area (TPSA) is 29.5 Å². The standard InChI is InChI=1S/C14H26O2/c1-3-4-5-6-7-8-12-16-13-10-14(2)9-11-15/h3,7-8,14-15H,1,4-6,9-13H2,2H3/b8-7+. The number of allylic oxidation sites excluding steroid dienone is 2. The lowest BCUT2D eigenvalue weighted by molar-refractivity contribution is 0.141. The molecule has 0 radical (unpaired) electrons. The summed E-state index contributed by atoms with van der Waals surface area (Å²) < 4.78 is 5.47. The van der Waals surface area contributed by atoms with Gasteiger partial charge in [-0.2, -0.15) is 0 Å². The maximum absolute atomic E-state index is 8.72. The van der Waals surface area contributed by atoms with E-state index in [9.17, 15) is 0 Å². The van der Waals surface area contributed by atoms with Gasteiger partial charge in [0.15, 0.2) is 0 Å². The molecule has 2 heteroatoms. The van der Waals surface area contributed by atoms with Gasteiger partial charge in [-0.05, 0) is 38.0 Å². The molecule has 0 aromatic carbocycles. The molecule has 94 valence electrons. The van der Waals surface area contributed by atoms with Gasteiger partial charge in [0, 0.05) is 13.2 Å². The van der Waals surface area contributed by atoms with E-state index in [1.54, 1.807) is 0 Å². The summed E-state index contributed by atoms with van der Waals surface area (Å²) in [6.45, 7) is 7.61. The van der Waals surface area contributed by atoms with Crippen molar-refractivity contribution in [2.75, 3.05) is 19.8 Å². The molecule has 1 N–H and O–H groups in total. The molecule has 0 heterocycles. The molecule has 0 spiro atoms. The van der Waals surface area contributed by atoms with E-state index in [0.29, 0.717) is 12.5 Å². The Morgan fingerprint density at radius 3 is 2.75 bits per heavy atom. The normalized spacial score (nSPS) is 13.1. The van der Waals surface area contributed by atoms with Gasteiger partial charge in [0.1, 0.15) is 0 Å². The first kappa shape index (κ1) is 15.4. The Labute approximate surface area is 100 Å². The van der Waals surface area contributed by atoms with Gasteiger partial charge in [-0.3, -0.25) is 0 Å². The fourth-order valence-electron chi connectivity index (χ4n) is 1.37. The van der Waals surface area contributed by atoms with Crippen LogP contribution in [0.15, 0.2) is 24.8 Å². The van der Waals surface area contributed by atoms with Crippen molar-refractivity contribution in [1.29, 1.82) is 0 Å². The Balaban J connectivity index is 3.16. The van der Waals surface area contributed by atoms with Crippen molar-refractivity contribution >= 4 is 0 Å². The van der Waals surface area contributed by atoms with Crippen LogP contribution in [0.2, 0.25) is 0 Å². The highest BCUT2D eigenvalue weighted by molar-refractivity contribution is 4.82. The van der Waals surface area contributed by atoms with Crippen LogP contribution < -0.4 is 0 Å². The molecule has 0 aliphatic carbocycles. The summed E-state index contributed by atoms with van der Waals surface area (Å²) in [6, 6.07) is 0. The van der Waals surface area contributed by atoms with Crippen molar-refractivity contribution in [2.24, 2.45) is 5.92 Å². The van der Waals surface area contributed by atoms with Gasteiger partial charge in [-0.15, -0.1) is 6.58 Å². The highest BCUT2D eigenvalue weighted by Crippen LogP contribution is 2.06. The SMILES string of the molecule is C=CCCC/C=C/COCCC(C)CCO. The number of hydrogen-bond donors (Lipinski definition) is 1. The molecule has 0 rings (SSSR count). The summed E-state index contributed by atoms with van der Waals surface area (Å²) in [6.07, 6.45) is 11.5. The Kier molecular flexibility index (Phi) is 12.0. The average Bonchev–Trinajstić information content (AvgIpc) is 2.27. The first-order chi connectivity index (χ1) is 7.81. The molecule has 0 saturated heterocycles. The van der Waals surface area contributed by atoms with Gasteiger partial charge in [-0.1, -0.05) is 25.2 Å². The van der Waals surface area contributed by atoms with E-state index in [1.165, 1.54) is 6.42 Å². The van der Waals surface area contributed by atoms with Gasteiger partial charge < -0.3 is 9.84 Å². The minimum Gasteiger partial charge on any atom is -0.396 e. The number of unbranched alkanes of at least 4 members (excludes halogenated alkanes) is 2. The van der Waals surface area contributed by atoms with Crippen LogP contribution in [0, 0.1) is 5.92 Å². The number of aliphatic hydroxyl groups excluding tert-OH is 1. The van der Waals surface area contributed by atoms with E-state index in [-0.39, 0.29) is 6.61 Å². The van der Waals surface area contributed by atoms with E-state index in [2.05, 4.69) is 25.7 Å². The van der Waals surface area contributed by atoms with Crippen LogP contribution in [0.25, 0.3) is 0 Å². The quantitative estimate of drug-likeness (QED) is 0.432. The molecule has 0 amide bonds. The zero-order valence-electron chi connectivity index (χ0n) is 10.5. The fraction of sp³-hybridized carbons (Fsp3) is 0.714. The Morgan fingerprint density at radius 1 is 1.25 bits per heavy atom. The van der Waals surface area contributed by atoms with Gasteiger partial charge in [0.25, 0.3) is 0 Å². The molecule has 0 aromatic rings. The number of hydrogen-bond acceptors (Lipinski definition) is 2. The third kappa shape index (κ3) is 11.5. The number of ether oxygens (including phenoxy) is 1. The summed E-state index contributed by atoms with van der Waals surface area (Å²) in [5.41, 5.74) is 0. The lowest BCUT2D eigenvalue weighted by Crippen LogP contribution is -2.03. The van der Waals surface area contributed by atoms with Crippen LogP contribution in [-0.4, -0.2) is 24.9 Å². The first-order valence-electron chi connectivity index (χ1n) is 6.25. The van der Waals surface area contributed by atoms with E-state index < -0.39 is 0 Å². The van der Waals surface area contributed by atoms with Gasteiger partial charge >= 0.3 is 0 Å². The highest BCUT2D eigenvalue weighted by atomic mass is 16.5. The third-order valence-electron chi connectivity index (χ3n) is 2.54. The van der Waals surface area contributed by atoms with Crippen molar-refractivity contribution in [1.82, 2.24) is 0 Å². The third-order valence-corrected chi connectivity index (χ3v) is 2.54. The predicted octanol–water partition coefficient (Wildman–Crippen LogP) is 3.32. The summed E-state index contributed by atoms with van der Waals surface area (Å²) >= 11 is 0. The zero-order chi connectivity index (χ0) is 12.1. The Morgan fingerprint density at radius 2 is 2.06 bits per heavy atom. The molecule has 2 nitrogen and oxygen atoms in total. The van der Waals surface area contributed by atoms with Crippen LogP contribution in [-0.2, 0) is 4.74 Å². The minimum atomic E-state index is 0.282. The predicted molar refractivity (Wildman–Crippen MR) is 69.5 cm³/mol. The molecule has 0 aromatic heterocycles.